The molecule has 1 amide bonds. The number of hydrogen-bond acceptors (Lipinski definition) is 5. The second kappa shape index (κ2) is 7.05. The molecule has 148 valence electrons. The highest BCUT2D eigenvalue weighted by atomic mass is 32.2. The average Bonchev–Trinajstić information content (AvgIpc) is 3.29. The van der Waals surface area contributed by atoms with Crippen LogP contribution in [0.2, 0.25) is 0 Å². The van der Waals surface area contributed by atoms with Crippen LogP contribution in [0.3, 0.4) is 0 Å². The Kier molecular flexibility index (Phi) is 4.70. The van der Waals surface area contributed by atoms with Crippen LogP contribution in [-0.4, -0.2) is 52.1 Å². The summed E-state index contributed by atoms with van der Waals surface area (Å²) >= 11 is 0. The van der Waals surface area contributed by atoms with Crippen molar-refractivity contribution < 1.29 is 13.2 Å². The van der Waals surface area contributed by atoms with E-state index in [2.05, 4.69) is 20.4 Å². The highest BCUT2D eigenvalue weighted by Crippen LogP contribution is 2.26. The van der Waals surface area contributed by atoms with Crippen LogP contribution >= 0.6 is 0 Å². The number of aromatic amines is 1. The summed E-state index contributed by atoms with van der Waals surface area (Å²) in [5.41, 5.74) is 3.73. The summed E-state index contributed by atoms with van der Waals surface area (Å²) in [5, 5.41) is 7.37. The first-order valence-electron chi connectivity index (χ1n) is 9.32. The van der Waals surface area contributed by atoms with Crippen molar-refractivity contribution in [2.24, 2.45) is 0 Å². The number of aromatic nitrogens is 4. The molecule has 1 aliphatic heterocycles. The summed E-state index contributed by atoms with van der Waals surface area (Å²) in [5.74, 6) is 0.886. The number of fused-ring (bicyclic) bond motifs is 1. The van der Waals surface area contributed by atoms with E-state index in [1.54, 1.807) is 11.6 Å². The van der Waals surface area contributed by atoms with Crippen LogP contribution < -0.4 is 5.32 Å². The van der Waals surface area contributed by atoms with Gasteiger partial charge < -0.3 is 10.3 Å². The molecule has 1 saturated heterocycles. The fourth-order valence-electron chi connectivity index (χ4n) is 3.82. The number of hydrogen-bond donors (Lipinski definition) is 2. The second-order valence-corrected chi connectivity index (χ2v) is 9.48. The van der Waals surface area contributed by atoms with Crippen molar-refractivity contribution in [1.82, 2.24) is 25.1 Å². The van der Waals surface area contributed by atoms with E-state index in [-0.39, 0.29) is 23.5 Å². The second-order valence-electron chi connectivity index (χ2n) is 7.25. The normalized spacial score (nSPS) is 18.6. The number of rotatable bonds is 5. The number of H-pyrrole nitrogens is 1. The van der Waals surface area contributed by atoms with Crippen LogP contribution in [0.15, 0.2) is 24.3 Å². The molecule has 1 aromatic carbocycles. The summed E-state index contributed by atoms with van der Waals surface area (Å²) in [6, 6.07) is 7.60. The first kappa shape index (κ1) is 18.7. The number of benzene rings is 1. The van der Waals surface area contributed by atoms with E-state index >= 15 is 0 Å². The lowest BCUT2D eigenvalue weighted by atomic mass is 10.1. The number of carbonyl (C=O) groups is 1. The maximum Gasteiger partial charge on any atom is 0.255 e. The molecule has 3 heterocycles. The molecule has 2 N–H and O–H groups in total. The maximum atomic E-state index is 12.7. The molecule has 0 unspecified atom stereocenters. The predicted octanol–water partition coefficient (Wildman–Crippen LogP) is 1.71. The highest BCUT2D eigenvalue weighted by Gasteiger charge is 2.32. The molecule has 4 rings (SSSR count). The third-order valence-electron chi connectivity index (χ3n) is 5.19. The molecule has 2 aromatic heterocycles. The average molecular weight is 401 g/mol. The van der Waals surface area contributed by atoms with Crippen LogP contribution in [0.4, 0.5) is 0 Å². The molecule has 0 radical (unpaired) electrons. The van der Waals surface area contributed by atoms with Crippen molar-refractivity contribution in [3.05, 3.63) is 47.0 Å². The van der Waals surface area contributed by atoms with Gasteiger partial charge in [-0.25, -0.2) is 13.4 Å². The molecule has 28 heavy (non-hydrogen) atoms. The van der Waals surface area contributed by atoms with Crippen molar-refractivity contribution in [2.45, 2.75) is 32.7 Å². The fourth-order valence-corrected chi connectivity index (χ4v) is 5.51. The van der Waals surface area contributed by atoms with Crippen molar-refractivity contribution in [3.63, 3.8) is 0 Å². The smallest absolute Gasteiger partial charge is 0.255 e. The minimum absolute atomic E-state index is 0.0854. The van der Waals surface area contributed by atoms with Crippen molar-refractivity contribution >= 4 is 26.8 Å². The van der Waals surface area contributed by atoms with Gasteiger partial charge in [0.25, 0.3) is 5.91 Å². The van der Waals surface area contributed by atoms with Gasteiger partial charge in [0.05, 0.1) is 39.8 Å². The Hall–Kier alpha value is -2.68. The lowest BCUT2D eigenvalue weighted by Gasteiger charge is -2.11. The number of sulfone groups is 1. The van der Waals surface area contributed by atoms with E-state index in [9.17, 15) is 13.2 Å². The van der Waals surface area contributed by atoms with Gasteiger partial charge in [-0.1, -0.05) is 12.1 Å². The first-order valence-corrected chi connectivity index (χ1v) is 11.1. The van der Waals surface area contributed by atoms with E-state index in [1.165, 1.54) is 0 Å². The fraction of sp³-hybridized carbons (Fsp3) is 0.421. The molecule has 0 saturated carbocycles. The van der Waals surface area contributed by atoms with Crippen molar-refractivity contribution in [1.29, 1.82) is 0 Å². The van der Waals surface area contributed by atoms with Crippen LogP contribution in [0, 0.1) is 13.8 Å². The van der Waals surface area contributed by atoms with Gasteiger partial charge in [-0.05, 0) is 32.4 Å². The molecular weight excluding hydrogens is 378 g/mol. The third kappa shape index (κ3) is 3.54. The van der Waals surface area contributed by atoms with Crippen LogP contribution in [0.1, 0.15) is 40.0 Å². The summed E-state index contributed by atoms with van der Waals surface area (Å²) in [6.45, 7) is 4.04. The number of imidazole rings is 1. The minimum Gasteiger partial charge on any atom is -0.351 e. The van der Waals surface area contributed by atoms with Crippen molar-refractivity contribution in [3.8, 4) is 0 Å². The topological polar surface area (TPSA) is 110 Å². The summed E-state index contributed by atoms with van der Waals surface area (Å²) in [4.78, 5) is 20.4. The van der Waals surface area contributed by atoms with E-state index < -0.39 is 9.84 Å². The zero-order valence-corrected chi connectivity index (χ0v) is 16.7. The lowest BCUT2D eigenvalue weighted by molar-refractivity contribution is 0.0952. The Balaban J connectivity index is 1.43. The first-order chi connectivity index (χ1) is 13.3. The van der Waals surface area contributed by atoms with Gasteiger partial charge in [-0.15, -0.1) is 0 Å². The number of aryl methyl sites for hydroxylation is 1. The molecule has 1 fully saturated rings. The molecule has 0 bridgehead atoms. The maximum absolute atomic E-state index is 12.7. The van der Waals surface area contributed by atoms with Gasteiger partial charge in [0.2, 0.25) is 0 Å². The predicted molar refractivity (Wildman–Crippen MR) is 106 cm³/mol. The zero-order chi connectivity index (χ0) is 19.9. The molecule has 0 aliphatic carbocycles. The highest BCUT2D eigenvalue weighted by molar-refractivity contribution is 7.91. The Morgan fingerprint density at radius 2 is 2.11 bits per heavy atom. The lowest BCUT2D eigenvalue weighted by Crippen LogP contribution is -2.27. The summed E-state index contributed by atoms with van der Waals surface area (Å²) in [6.07, 6.45) is 1.13. The standard InChI is InChI=1S/C19H23N5O3S/c1-12-18(13(2)24(23-12)14-8-10-28(26,27)11-14)19(25)20-9-7-17-21-15-5-3-4-6-16(15)22-17/h3-6,14H,7-11H2,1-2H3,(H,20,25)(H,21,22)/t14-/m0/s1. The van der Waals surface area contributed by atoms with Crippen LogP contribution in [0.25, 0.3) is 11.0 Å². The summed E-state index contributed by atoms with van der Waals surface area (Å²) in [7, 11) is -3.01. The van der Waals surface area contributed by atoms with Gasteiger partial charge in [0.1, 0.15) is 5.82 Å². The molecule has 0 spiro atoms. The van der Waals surface area contributed by atoms with Crippen molar-refractivity contribution in [2.75, 3.05) is 18.1 Å². The zero-order valence-electron chi connectivity index (χ0n) is 15.9. The van der Waals surface area contributed by atoms with Crippen LogP contribution in [0.5, 0.6) is 0 Å². The minimum atomic E-state index is -3.01. The summed E-state index contributed by atoms with van der Waals surface area (Å²) < 4.78 is 25.2. The SMILES string of the molecule is Cc1nn([C@H]2CCS(=O)(=O)C2)c(C)c1C(=O)NCCc1nc2ccccc2[nH]1. The Morgan fingerprint density at radius 3 is 2.82 bits per heavy atom. The Labute approximate surface area is 163 Å². The van der Waals surface area contributed by atoms with E-state index in [1.807, 2.05) is 31.2 Å². The number of carbonyl (C=O) groups excluding carboxylic acids is 1. The van der Waals surface area contributed by atoms with Crippen LogP contribution in [-0.2, 0) is 16.3 Å². The third-order valence-corrected chi connectivity index (χ3v) is 6.94. The Bertz CT molecular complexity index is 1110. The molecular formula is C19H23N5O3S. The molecule has 9 heteroatoms. The van der Waals surface area contributed by atoms with Gasteiger partial charge in [0.15, 0.2) is 9.84 Å². The molecule has 1 atom stereocenters. The molecule has 8 nitrogen and oxygen atoms in total. The number of nitrogens with zero attached hydrogens (tertiary/aromatic N) is 3. The van der Waals surface area contributed by atoms with Gasteiger partial charge in [-0.2, -0.15) is 5.10 Å². The molecule has 3 aromatic rings. The quantitative estimate of drug-likeness (QED) is 0.676. The van der Waals surface area contributed by atoms with E-state index in [4.69, 9.17) is 0 Å². The largest absolute Gasteiger partial charge is 0.351 e. The Morgan fingerprint density at radius 1 is 1.32 bits per heavy atom. The van der Waals surface area contributed by atoms with Gasteiger partial charge in [0, 0.05) is 18.7 Å². The number of para-hydroxylation sites is 2. The van der Waals surface area contributed by atoms with E-state index in [0.29, 0.717) is 36.3 Å². The monoisotopic (exact) mass is 401 g/mol. The number of nitrogens with one attached hydrogen (secondary N) is 2. The molecule has 1 aliphatic rings. The van der Waals surface area contributed by atoms with E-state index in [0.717, 1.165) is 16.9 Å². The van der Waals surface area contributed by atoms with Gasteiger partial charge >= 0.3 is 0 Å². The number of amides is 1. The van der Waals surface area contributed by atoms with Gasteiger partial charge in [-0.3, -0.25) is 9.48 Å².